The van der Waals surface area contributed by atoms with Gasteiger partial charge < -0.3 is 9.64 Å². The van der Waals surface area contributed by atoms with E-state index >= 15 is 0 Å². The molecule has 9 heteroatoms. The van der Waals surface area contributed by atoms with E-state index in [4.69, 9.17) is 9.29 Å². The number of rotatable bonds is 4. The molecular weight excluding hydrogens is 286 g/mol. The summed E-state index contributed by atoms with van der Waals surface area (Å²) in [4.78, 5) is 13.8. The first kappa shape index (κ1) is 14.8. The number of amides is 1. The second-order valence-electron chi connectivity index (χ2n) is 4.37. The Labute approximate surface area is 116 Å². The summed E-state index contributed by atoms with van der Waals surface area (Å²) >= 11 is 0. The Morgan fingerprint density at radius 2 is 2.15 bits per heavy atom. The van der Waals surface area contributed by atoms with Crippen molar-refractivity contribution in [1.82, 2.24) is 10.00 Å². The van der Waals surface area contributed by atoms with E-state index in [1.54, 1.807) is 11.0 Å². The van der Waals surface area contributed by atoms with Crippen LogP contribution < -0.4 is 4.68 Å². The normalized spacial score (nSPS) is 16.1. The molecule has 2 heterocycles. The summed E-state index contributed by atoms with van der Waals surface area (Å²) in [5.74, 6) is -0.538. The van der Waals surface area contributed by atoms with E-state index in [1.165, 1.54) is 17.1 Å². The smallest absolute Gasteiger partial charge is 0.271 e. The molecule has 110 valence electrons. The van der Waals surface area contributed by atoms with Gasteiger partial charge in [-0.2, -0.15) is 8.42 Å². The fraction of sp³-hybridized carbons (Fsp3) is 0.545. The summed E-state index contributed by atoms with van der Waals surface area (Å²) in [5.41, 5.74) is 0.440. The Kier molecular flexibility index (Phi) is 4.63. The fourth-order valence-electron chi connectivity index (χ4n) is 1.80. The van der Waals surface area contributed by atoms with Crippen LogP contribution in [0.2, 0.25) is 0 Å². The molecule has 0 bridgehead atoms. The summed E-state index contributed by atoms with van der Waals surface area (Å²) in [6, 6.07) is 1.58. The zero-order valence-corrected chi connectivity index (χ0v) is 11.6. The highest BCUT2D eigenvalue weighted by atomic mass is 32.2. The molecule has 1 aliphatic heterocycles. The maximum absolute atomic E-state index is 12.1. The van der Waals surface area contributed by atoms with Gasteiger partial charge in [-0.15, -0.1) is 0 Å². The minimum absolute atomic E-state index is 0.0326. The van der Waals surface area contributed by atoms with E-state index in [-0.39, 0.29) is 12.5 Å². The van der Waals surface area contributed by atoms with Crippen LogP contribution in [-0.2, 0) is 21.4 Å². The van der Waals surface area contributed by atoms with Crippen LogP contribution in [0.1, 0.15) is 10.4 Å². The van der Waals surface area contributed by atoms with Crippen molar-refractivity contribution in [2.75, 3.05) is 32.1 Å². The maximum Gasteiger partial charge on any atom is 0.271 e. The minimum atomic E-state index is -4.02. The lowest BCUT2D eigenvalue weighted by molar-refractivity contribution is -0.750. The zero-order chi connectivity index (χ0) is 14.6. The topological polar surface area (TPSA) is 101 Å². The highest BCUT2D eigenvalue weighted by molar-refractivity contribution is 7.85. The summed E-state index contributed by atoms with van der Waals surface area (Å²) < 4.78 is 36.4. The molecule has 0 aliphatic carbocycles. The second kappa shape index (κ2) is 6.25. The molecule has 1 aliphatic rings. The van der Waals surface area contributed by atoms with E-state index in [1.807, 2.05) is 0 Å². The third-order valence-electron chi connectivity index (χ3n) is 2.89. The molecule has 1 amide bonds. The first-order valence-electron chi connectivity index (χ1n) is 6.14. The number of ether oxygens (including phenoxy) is 1. The lowest BCUT2D eigenvalue weighted by atomic mass is 10.2. The van der Waals surface area contributed by atoms with Crippen molar-refractivity contribution in [3.63, 3.8) is 0 Å². The maximum atomic E-state index is 12.1. The number of aromatic nitrogens is 2. The van der Waals surface area contributed by atoms with Gasteiger partial charge in [0.05, 0.1) is 18.8 Å². The quantitative estimate of drug-likeness (QED) is 0.550. The van der Waals surface area contributed by atoms with Crippen LogP contribution in [0.5, 0.6) is 0 Å². The highest BCUT2D eigenvalue weighted by Crippen LogP contribution is 2.04. The molecule has 1 fully saturated rings. The van der Waals surface area contributed by atoms with E-state index in [2.05, 4.69) is 5.10 Å². The van der Waals surface area contributed by atoms with Gasteiger partial charge in [-0.05, 0) is 5.10 Å². The predicted octanol–water partition coefficient (Wildman–Crippen LogP) is -1.27. The van der Waals surface area contributed by atoms with Crippen LogP contribution in [0.4, 0.5) is 0 Å². The number of hydrogen-bond donors (Lipinski definition) is 1. The molecule has 0 spiro atoms. The van der Waals surface area contributed by atoms with Crippen molar-refractivity contribution < 1.29 is 27.2 Å². The third kappa shape index (κ3) is 4.22. The first-order chi connectivity index (χ1) is 9.46. The largest absolute Gasteiger partial charge is 0.378 e. The average molecular weight is 302 g/mol. The summed E-state index contributed by atoms with van der Waals surface area (Å²) in [6.07, 6.45) is 2.90. The van der Waals surface area contributed by atoms with E-state index in [9.17, 15) is 13.2 Å². The zero-order valence-electron chi connectivity index (χ0n) is 10.8. The SMILES string of the molecule is O=C(c1cc[n+](CCS(=O)(=O)O)nc1)N1CCOCC1. The van der Waals surface area contributed by atoms with Gasteiger partial charge in [0.25, 0.3) is 16.0 Å². The molecule has 0 radical (unpaired) electrons. The van der Waals surface area contributed by atoms with Gasteiger partial charge >= 0.3 is 0 Å². The van der Waals surface area contributed by atoms with Gasteiger partial charge in [0, 0.05) is 19.2 Å². The van der Waals surface area contributed by atoms with Crippen LogP contribution in [0, 0.1) is 0 Å². The van der Waals surface area contributed by atoms with Crippen LogP contribution in [0.3, 0.4) is 0 Å². The van der Waals surface area contributed by atoms with Gasteiger partial charge in [0.1, 0.15) is 11.9 Å². The number of morpholine rings is 1. The molecule has 1 saturated heterocycles. The number of aryl methyl sites for hydroxylation is 1. The lowest BCUT2D eigenvalue weighted by Crippen LogP contribution is -2.43. The van der Waals surface area contributed by atoms with Crippen molar-refractivity contribution in [2.45, 2.75) is 6.54 Å². The first-order valence-corrected chi connectivity index (χ1v) is 7.74. The third-order valence-corrected chi connectivity index (χ3v) is 3.59. The van der Waals surface area contributed by atoms with Crippen LogP contribution in [0.15, 0.2) is 18.5 Å². The molecule has 1 aromatic rings. The summed E-state index contributed by atoms with van der Waals surface area (Å²) in [7, 11) is -4.02. The average Bonchev–Trinajstić information content (AvgIpc) is 2.45. The summed E-state index contributed by atoms with van der Waals surface area (Å²) in [5, 5.41) is 3.96. The van der Waals surface area contributed by atoms with E-state index < -0.39 is 15.9 Å². The van der Waals surface area contributed by atoms with Gasteiger partial charge in [0.15, 0.2) is 12.7 Å². The number of carbonyl (C=O) groups is 1. The standard InChI is InChI=1S/C11H15N3O5S/c15-11(13-3-6-19-7-4-13)10-1-2-14(12-9-10)5-8-20(16,17)18/h1-2,9H,3-8H2/p+1. The summed E-state index contributed by atoms with van der Waals surface area (Å²) in [6.45, 7) is 2.19. The Hall–Kier alpha value is -1.58. The van der Waals surface area contributed by atoms with Crippen molar-refractivity contribution in [3.8, 4) is 0 Å². The minimum Gasteiger partial charge on any atom is -0.378 e. The van der Waals surface area contributed by atoms with Crippen LogP contribution >= 0.6 is 0 Å². The molecule has 1 N–H and O–H groups in total. The Morgan fingerprint density at radius 3 is 2.70 bits per heavy atom. The van der Waals surface area contributed by atoms with Crippen molar-refractivity contribution in [2.24, 2.45) is 0 Å². The molecule has 0 atom stereocenters. The van der Waals surface area contributed by atoms with Gasteiger partial charge in [-0.1, -0.05) is 4.68 Å². The Balaban J connectivity index is 1.98. The number of nitrogens with zero attached hydrogens (tertiary/aromatic N) is 3. The lowest BCUT2D eigenvalue weighted by Gasteiger charge is -2.26. The highest BCUT2D eigenvalue weighted by Gasteiger charge is 2.20. The Morgan fingerprint density at radius 1 is 1.45 bits per heavy atom. The molecule has 0 unspecified atom stereocenters. The van der Waals surface area contributed by atoms with Gasteiger partial charge in [-0.25, -0.2) is 0 Å². The molecule has 8 nitrogen and oxygen atoms in total. The molecule has 1 aromatic heterocycles. The van der Waals surface area contributed by atoms with Crippen LogP contribution in [-0.4, -0.2) is 60.9 Å². The molecular formula is C11H16N3O5S+. The Bertz CT molecular complexity index is 566. The second-order valence-corrected chi connectivity index (χ2v) is 5.94. The predicted molar refractivity (Wildman–Crippen MR) is 67.6 cm³/mol. The van der Waals surface area contributed by atoms with Crippen molar-refractivity contribution in [3.05, 3.63) is 24.0 Å². The van der Waals surface area contributed by atoms with E-state index in [0.717, 1.165) is 0 Å². The monoisotopic (exact) mass is 302 g/mol. The van der Waals surface area contributed by atoms with Crippen molar-refractivity contribution in [1.29, 1.82) is 0 Å². The van der Waals surface area contributed by atoms with Gasteiger partial charge in [-0.3, -0.25) is 9.35 Å². The van der Waals surface area contributed by atoms with E-state index in [0.29, 0.717) is 31.9 Å². The molecule has 20 heavy (non-hydrogen) atoms. The number of carbonyl (C=O) groups excluding carboxylic acids is 1. The number of hydrogen-bond acceptors (Lipinski definition) is 5. The van der Waals surface area contributed by atoms with Crippen LogP contribution in [0.25, 0.3) is 0 Å². The molecule has 0 saturated carbocycles. The molecule has 0 aromatic carbocycles. The fourth-order valence-corrected chi connectivity index (χ4v) is 2.22. The van der Waals surface area contributed by atoms with Gasteiger partial charge in [0.2, 0.25) is 0 Å². The molecule has 2 rings (SSSR count). The van der Waals surface area contributed by atoms with Crippen molar-refractivity contribution >= 4 is 16.0 Å².